The van der Waals surface area contributed by atoms with Crippen LogP contribution in [0.1, 0.15) is 16.5 Å². The molecule has 0 amide bonds. The van der Waals surface area contributed by atoms with Gasteiger partial charge in [0.2, 0.25) is 0 Å². The molecule has 0 bridgehead atoms. The molecule has 0 heterocycles. The smallest absolute Gasteiger partial charge is 0.123 e. The highest BCUT2D eigenvalue weighted by molar-refractivity contribution is 6.20. The molecule has 0 fully saturated rings. The van der Waals surface area contributed by atoms with Crippen LogP contribution in [0.4, 0.5) is 4.39 Å². The first-order valence-electron chi connectivity index (χ1n) is 5.71. The van der Waals surface area contributed by atoms with E-state index in [4.69, 9.17) is 16.3 Å². The third-order valence-electron chi connectivity index (χ3n) is 2.78. The maximum absolute atomic E-state index is 12.8. The summed E-state index contributed by atoms with van der Waals surface area (Å²) < 4.78 is 18.0. The first-order valence-corrected chi connectivity index (χ1v) is 6.15. The second-order valence-corrected chi connectivity index (χ2v) is 4.60. The molecule has 2 rings (SSSR count). The minimum atomic E-state index is -0.230. The summed E-state index contributed by atoms with van der Waals surface area (Å²) >= 11 is 6.36. The molecule has 2 aromatic carbocycles. The summed E-state index contributed by atoms with van der Waals surface area (Å²) in [5, 5.41) is -0.148. The number of halogens is 2. The van der Waals surface area contributed by atoms with Crippen molar-refractivity contribution >= 4 is 11.6 Å². The predicted octanol–water partition coefficient (Wildman–Crippen LogP) is 4.36. The Bertz CT molecular complexity index is 510. The quantitative estimate of drug-likeness (QED) is 0.746. The summed E-state index contributed by atoms with van der Waals surface area (Å²) in [5.41, 5.74) is 2.01. The second-order valence-electron chi connectivity index (χ2n) is 4.07. The van der Waals surface area contributed by atoms with Crippen LogP contribution in [0, 0.1) is 5.82 Å². The van der Waals surface area contributed by atoms with E-state index in [1.54, 1.807) is 19.2 Å². The summed E-state index contributed by atoms with van der Waals surface area (Å²) in [6, 6.07) is 14.1. The van der Waals surface area contributed by atoms with Crippen molar-refractivity contribution in [2.24, 2.45) is 0 Å². The number of hydrogen-bond acceptors (Lipinski definition) is 1. The fourth-order valence-electron chi connectivity index (χ4n) is 1.78. The van der Waals surface area contributed by atoms with E-state index in [1.165, 1.54) is 12.1 Å². The summed E-state index contributed by atoms with van der Waals surface area (Å²) in [6.45, 7) is 0. The number of benzene rings is 2. The van der Waals surface area contributed by atoms with E-state index in [1.807, 2.05) is 24.3 Å². The lowest BCUT2D eigenvalue weighted by molar-refractivity contribution is 0.414. The minimum absolute atomic E-state index is 0.148. The molecule has 3 heteroatoms. The number of hydrogen-bond donors (Lipinski definition) is 0. The van der Waals surface area contributed by atoms with E-state index < -0.39 is 0 Å². The van der Waals surface area contributed by atoms with E-state index in [0.29, 0.717) is 6.42 Å². The molecule has 1 unspecified atom stereocenters. The standard InChI is InChI=1S/C15H14ClFO/c1-18-14-4-2-3-12(10-14)15(16)9-11-5-7-13(17)8-6-11/h2-8,10,15H,9H2,1H3. The van der Waals surface area contributed by atoms with Crippen molar-refractivity contribution in [2.75, 3.05) is 7.11 Å². The molecule has 0 aliphatic heterocycles. The predicted molar refractivity (Wildman–Crippen MR) is 71.7 cm³/mol. The molecule has 0 spiro atoms. The molecule has 0 saturated heterocycles. The van der Waals surface area contributed by atoms with Crippen LogP contribution < -0.4 is 4.74 Å². The Morgan fingerprint density at radius 2 is 1.89 bits per heavy atom. The Morgan fingerprint density at radius 3 is 2.56 bits per heavy atom. The van der Waals surface area contributed by atoms with Crippen molar-refractivity contribution < 1.29 is 9.13 Å². The van der Waals surface area contributed by atoms with Gasteiger partial charge in [0, 0.05) is 0 Å². The summed E-state index contributed by atoms with van der Waals surface area (Å²) in [5.74, 6) is 0.559. The van der Waals surface area contributed by atoms with Gasteiger partial charge in [0.05, 0.1) is 12.5 Å². The fourth-order valence-corrected chi connectivity index (χ4v) is 2.10. The van der Waals surface area contributed by atoms with Gasteiger partial charge in [-0.1, -0.05) is 24.3 Å². The molecular weight excluding hydrogens is 251 g/mol. The molecule has 1 nitrogen and oxygen atoms in total. The second kappa shape index (κ2) is 5.87. The van der Waals surface area contributed by atoms with Crippen LogP contribution in [0.15, 0.2) is 48.5 Å². The SMILES string of the molecule is COc1cccc(C(Cl)Cc2ccc(F)cc2)c1. The van der Waals surface area contributed by atoms with Crippen LogP contribution in [-0.2, 0) is 6.42 Å². The number of alkyl halides is 1. The molecule has 0 aromatic heterocycles. The van der Waals surface area contributed by atoms with Gasteiger partial charge in [-0.05, 0) is 41.8 Å². The topological polar surface area (TPSA) is 9.23 Å². The average Bonchev–Trinajstić information content (AvgIpc) is 2.41. The van der Waals surface area contributed by atoms with Crippen LogP contribution >= 0.6 is 11.6 Å². The van der Waals surface area contributed by atoms with Crippen LogP contribution in [0.3, 0.4) is 0 Å². The maximum Gasteiger partial charge on any atom is 0.123 e. The maximum atomic E-state index is 12.8. The normalized spacial score (nSPS) is 12.2. The summed E-state index contributed by atoms with van der Waals surface area (Å²) in [7, 11) is 1.63. The molecule has 0 radical (unpaired) electrons. The Balaban J connectivity index is 2.11. The van der Waals surface area contributed by atoms with Crippen molar-refractivity contribution in [3.05, 3.63) is 65.5 Å². The van der Waals surface area contributed by atoms with Crippen LogP contribution in [-0.4, -0.2) is 7.11 Å². The zero-order valence-electron chi connectivity index (χ0n) is 10.1. The highest BCUT2D eigenvalue weighted by Crippen LogP contribution is 2.27. The average molecular weight is 265 g/mol. The fraction of sp³-hybridized carbons (Fsp3) is 0.200. The van der Waals surface area contributed by atoms with Crippen molar-refractivity contribution in [1.82, 2.24) is 0 Å². The minimum Gasteiger partial charge on any atom is -0.497 e. The lowest BCUT2D eigenvalue weighted by atomic mass is 10.0. The van der Waals surface area contributed by atoms with Crippen molar-refractivity contribution in [3.63, 3.8) is 0 Å². The van der Waals surface area contributed by atoms with Gasteiger partial charge in [0.1, 0.15) is 11.6 Å². The molecule has 0 aliphatic carbocycles. The van der Waals surface area contributed by atoms with E-state index >= 15 is 0 Å². The summed E-state index contributed by atoms with van der Waals surface area (Å²) in [4.78, 5) is 0. The van der Waals surface area contributed by atoms with Crippen molar-refractivity contribution in [2.45, 2.75) is 11.8 Å². The van der Waals surface area contributed by atoms with Gasteiger partial charge >= 0.3 is 0 Å². The number of rotatable bonds is 4. The van der Waals surface area contributed by atoms with Crippen LogP contribution in [0.5, 0.6) is 5.75 Å². The van der Waals surface area contributed by atoms with Crippen molar-refractivity contribution in [1.29, 1.82) is 0 Å². The highest BCUT2D eigenvalue weighted by atomic mass is 35.5. The Hall–Kier alpha value is -1.54. The Labute approximate surface area is 111 Å². The zero-order chi connectivity index (χ0) is 13.0. The van der Waals surface area contributed by atoms with Gasteiger partial charge in [-0.15, -0.1) is 11.6 Å². The van der Waals surface area contributed by atoms with E-state index in [0.717, 1.165) is 16.9 Å². The van der Waals surface area contributed by atoms with Gasteiger partial charge in [-0.3, -0.25) is 0 Å². The third kappa shape index (κ3) is 3.23. The molecule has 2 aromatic rings. The van der Waals surface area contributed by atoms with Gasteiger partial charge in [0.15, 0.2) is 0 Å². The highest BCUT2D eigenvalue weighted by Gasteiger charge is 2.09. The Kier molecular flexibility index (Phi) is 4.21. The molecule has 0 aliphatic rings. The molecule has 0 N–H and O–H groups in total. The lowest BCUT2D eigenvalue weighted by Crippen LogP contribution is -1.96. The van der Waals surface area contributed by atoms with Gasteiger partial charge in [-0.2, -0.15) is 0 Å². The van der Waals surface area contributed by atoms with E-state index in [9.17, 15) is 4.39 Å². The largest absolute Gasteiger partial charge is 0.497 e. The zero-order valence-corrected chi connectivity index (χ0v) is 10.8. The van der Waals surface area contributed by atoms with E-state index in [2.05, 4.69) is 0 Å². The van der Waals surface area contributed by atoms with Gasteiger partial charge in [0.25, 0.3) is 0 Å². The van der Waals surface area contributed by atoms with Gasteiger partial charge in [-0.25, -0.2) is 4.39 Å². The molecule has 1 atom stereocenters. The molecule has 0 saturated carbocycles. The monoisotopic (exact) mass is 264 g/mol. The van der Waals surface area contributed by atoms with E-state index in [-0.39, 0.29) is 11.2 Å². The Morgan fingerprint density at radius 1 is 1.17 bits per heavy atom. The number of methoxy groups -OCH3 is 1. The summed E-state index contributed by atoms with van der Waals surface area (Å²) in [6.07, 6.45) is 0.662. The number of ether oxygens (including phenoxy) is 1. The first kappa shape index (κ1) is 12.9. The van der Waals surface area contributed by atoms with Crippen LogP contribution in [0.2, 0.25) is 0 Å². The lowest BCUT2D eigenvalue weighted by Gasteiger charge is -2.11. The first-order chi connectivity index (χ1) is 8.69. The van der Waals surface area contributed by atoms with Crippen LogP contribution in [0.25, 0.3) is 0 Å². The molecule has 18 heavy (non-hydrogen) atoms. The molecule has 94 valence electrons. The van der Waals surface area contributed by atoms with Crippen molar-refractivity contribution in [3.8, 4) is 5.75 Å². The van der Waals surface area contributed by atoms with Gasteiger partial charge < -0.3 is 4.74 Å². The molecular formula is C15H14ClFO. The third-order valence-corrected chi connectivity index (χ3v) is 3.19.